The molecule has 0 radical (unpaired) electrons. The van der Waals surface area contributed by atoms with Crippen LogP contribution < -0.4 is 5.32 Å². The Balaban J connectivity index is 1.89. The monoisotopic (exact) mass is 313 g/mol. The van der Waals surface area contributed by atoms with Crippen molar-refractivity contribution in [2.75, 3.05) is 5.32 Å². The summed E-state index contributed by atoms with van der Waals surface area (Å²) in [6, 6.07) is 19.0. The summed E-state index contributed by atoms with van der Waals surface area (Å²) in [5.74, 6) is -0.194. The van der Waals surface area contributed by atoms with E-state index in [1.165, 1.54) is 11.3 Å². The van der Waals surface area contributed by atoms with Gasteiger partial charge in [0.15, 0.2) is 0 Å². The molecule has 3 rings (SSSR count). The Bertz CT molecular complexity index is 767. The van der Waals surface area contributed by atoms with Crippen LogP contribution in [0, 0.1) is 0 Å². The van der Waals surface area contributed by atoms with E-state index in [0.29, 0.717) is 10.6 Å². The van der Waals surface area contributed by atoms with Crippen LogP contribution in [-0.2, 0) is 0 Å². The lowest BCUT2D eigenvalue weighted by atomic mass is 10.1. The molecule has 4 heteroatoms. The molecule has 21 heavy (non-hydrogen) atoms. The maximum atomic E-state index is 12.3. The third-order valence-corrected chi connectivity index (χ3v) is 4.25. The predicted octanol–water partition coefficient (Wildman–Crippen LogP) is 5.32. The summed E-state index contributed by atoms with van der Waals surface area (Å²) in [7, 11) is 0. The van der Waals surface area contributed by atoms with Crippen LogP contribution in [0.4, 0.5) is 5.00 Å². The van der Waals surface area contributed by atoms with Gasteiger partial charge in [-0.25, -0.2) is 0 Å². The molecule has 1 heterocycles. The van der Waals surface area contributed by atoms with E-state index < -0.39 is 0 Å². The topological polar surface area (TPSA) is 29.1 Å². The SMILES string of the molecule is O=C(Nc1sccc1-c1ccccc1)c1ccccc1Cl. The summed E-state index contributed by atoms with van der Waals surface area (Å²) in [5, 5.41) is 6.18. The van der Waals surface area contributed by atoms with Crippen LogP contribution in [0.25, 0.3) is 11.1 Å². The molecule has 0 atom stereocenters. The van der Waals surface area contributed by atoms with E-state index in [9.17, 15) is 4.79 Å². The van der Waals surface area contributed by atoms with Gasteiger partial charge in [-0.3, -0.25) is 4.79 Å². The lowest BCUT2D eigenvalue weighted by Gasteiger charge is -2.07. The second-order valence-corrected chi connectivity index (χ2v) is 5.79. The van der Waals surface area contributed by atoms with Gasteiger partial charge in [-0.1, -0.05) is 54.1 Å². The van der Waals surface area contributed by atoms with Gasteiger partial charge < -0.3 is 5.32 Å². The average Bonchev–Trinajstić information content (AvgIpc) is 2.96. The average molecular weight is 314 g/mol. The van der Waals surface area contributed by atoms with Gasteiger partial charge in [0.1, 0.15) is 5.00 Å². The van der Waals surface area contributed by atoms with E-state index in [4.69, 9.17) is 11.6 Å². The van der Waals surface area contributed by atoms with Gasteiger partial charge in [-0.15, -0.1) is 11.3 Å². The molecule has 3 aromatic rings. The molecular formula is C17H12ClNOS. The van der Waals surface area contributed by atoms with Gasteiger partial charge in [0.25, 0.3) is 5.91 Å². The molecule has 0 bridgehead atoms. The molecule has 0 aliphatic carbocycles. The number of nitrogens with one attached hydrogen (secondary N) is 1. The number of rotatable bonds is 3. The van der Waals surface area contributed by atoms with Crippen molar-refractivity contribution in [2.45, 2.75) is 0 Å². The number of halogens is 1. The second kappa shape index (κ2) is 6.12. The number of carbonyl (C=O) groups is 1. The molecule has 1 amide bonds. The molecule has 1 aromatic heterocycles. The third kappa shape index (κ3) is 2.99. The van der Waals surface area contributed by atoms with Crippen molar-refractivity contribution in [3.8, 4) is 11.1 Å². The first-order chi connectivity index (χ1) is 10.3. The molecule has 104 valence electrons. The van der Waals surface area contributed by atoms with Crippen molar-refractivity contribution < 1.29 is 4.79 Å². The Labute approximate surface area is 132 Å². The van der Waals surface area contributed by atoms with E-state index in [1.54, 1.807) is 24.3 Å². The zero-order chi connectivity index (χ0) is 14.7. The minimum Gasteiger partial charge on any atom is -0.313 e. The number of benzene rings is 2. The number of amides is 1. The highest BCUT2D eigenvalue weighted by atomic mass is 35.5. The van der Waals surface area contributed by atoms with Crippen LogP contribution in [0.5, 0.6) is 0 Å². The van der Waals surface area contributed by atoms with E-state index in [2.05, 4.69) is 5.32 Å². The first kappa shape index (κ1) is 13.9. The number of hydrogen-bond donors (Lipinski definition) is 1. The summed E-state index contributed by atoms with van der Waals surface area (Å²) < 4.78 is 0. The fourth-order valence-electron chi connectivity index (χ4n) is 2.07. The van der Waals surface area contributed by atoms with E-state index in [-0.39, 0.29) is 5.91 Å². The van der Waals surface area contributed by atoms with Crippen LogP contribution in [0.2, 0.25) is 5.02 Å². The fraction of sp³-hybridized carbons (Fsp3) is 0. The summed E-state index contributed by atoms with van der Waals surface area (Å²) in [4.78, 5) is 12.3. The quantitative estimate of drug-likeness (QED) is 0.696. The first-order valence-electron chi connectivity index (χ1n) is 6.44. The normalized spacial score (nSPS) is 10.3. The van der Waals surface area contributed by atoms with Gasteiger partial charge in [-0.2, -0.15) is 0 Å². The highest BCUT2D eigenvalue weighted by Crippen LogP contribution is 2.33. The van der Waals surface area contributed by atoms with Crippen LogP contribution in [0.1, 0.15) is 10.4 Å². The first-order valence-corrected chi connectivity index (χ1v) is 7.70. The zero-order valence-corrected chi connectivity index (χ0v) is 12.6. The van der Waals surface area contributed by atoms with Crippen LogP contribution >= 0.6 is 22.9 Å². The lowest BCUT2D eigenvalue weighted by molar-refractivity contribution is 0.102. The molecule has 0 aliphatic heterocycles. The smallest absolute Gasteiger partial charge is 0.257 e. The van der Waals surface area contributed by atoms with Crippen molar-refractivity contribution >= 4 is 33.8 Å². The minimum atomic E-state index is -0.194. The van der Waals surface area contributed by atoms with Crippen LogP contribution in [-0.4, -0.2) is 5.91 Å². The Morgan fingerprint density at radius 1 is 0.952 bits per heavy atom. The molecule has 0 saturated heterocycles. The molecular weight excluding hydrogens is 302 g/mol. The van der Waals surface area contributed by atoms with Crippen molar-refractivity contribution in [1.29, 1.82) is 0 Å². The number of anilines is 1. The number of carbonyl (C=O) groups excluding carboxylic acids is 1. The largest absolute Gasteiger partial charge is 0.313 e. The highest BCUT2D eigenvalue weighted by molar-refractivity contribution is 7.15. The minimum absolute atomic E-state index is 0.194. The van der Waals surface area contributed by atoms with Gasteiger partial charge >= 0.3 is 0 Å². The lowest BCUT2D eigenvalue weighted by Crippen LogP contribution is -2.11. The molecule has 0 fully saturated rings. The molecule has 1 N–H and O–H groups in total. The van der Waals surface area contributed by atoms with Gasteiger partial charge in [0.05, 0.1) is 10.6 Å². The van der Waals surface area contributed by atoms with Gasteiger partial charge in [0.2, 0.25) is 0 Å². The summed E-state index contributed by atoms with van der Waals surface area (Å²) in [6.07, 6.45) is 0. The zero-order valence-electron chi connectivity index (χ0n) is 11.0. The van der Waals surface area contributed by atoms with Crippen molar-refractivity contribution in [2.24, 2.45) is 0 Å². The molecule has 0 aliphatic rings. The number of thiophene rings is 1. The van der Waals surface area contributed by atoms with Gasteiger partial charge in [0, 0.05) is 5.56 Å². The molecule has 2 nitrogen and oxygen atoms in total. The predicted molar refractivity (Wildman–Crippen MR) is 89.2 cm³/mol. The standard InChI is InChI=1S/C17H12ClNOS/c18-15-9-5-4-8-14(15)16(20)19-17-13(10-11-21-17)12-6-2-1-3-7-12/h1-11H,(H,19,20). The van der Waals surface area contributed by atoms with Crippen molar-refractivity contribution in [3.05, 3.63) is 76.6 Å². The molecule has 0 unspecified atom stereocenters. The van der Waals surface area contributed by atoms with Crippen molar-refractivity contribution in [1.82, 2.24) is 0 Å². The van der Waals surface area contributed by atoms with Crippen LogP contribution in [0.15, 0.2) is 66.0 Å². The maximum Gasteiger partial charge on any atom is 0.257 e. The van der Waals surface area contributed by atoms with E-state index >= 15 is 0 Å². The fourth-order valence-corrected chi connectivity index (χ4v) is 3.09. The Hall–Kier alpha value is -2.10. The summed E-state index contributed by atoms with van der Waals surface area (Å²) >= 11 is 7.56. The van der Waals surface area contributed by atoms with Crippen molar-refractivity contribution in [3.63, 3.8) is 0 Å². The number of hydrogen-bond acceptors (Lipinski definition) is 2. The van der Waals surface area contributed by atoms with E-state index in [1.807, 2.05) is 41.8 Å². The summed E-state index contributed by atoms with van der Waals surface area (Å²) in [5.41, 5.74) is 2.57. The Morgan fingerprint density at radius 2 is 1.67 bits per heavy atom. The Kier molecular flexibility index (Phi) is 4.04. The molecule has 0 spiro atoms. The third-order valence-electron chi connectivity index (χ3n) is 3.10. The molecule has 2 aromatic carbocycles. The summed E-state index contributed by atoms with van der Waals surface area (Å²) in [6.45, 7) is 0. The van der Waals surface area contributed by atoms with E-state index in [0.717, 1.165) is 16.1 Å². The molecule has 0 saturated carbocycles. The van der Waals surface area contributed by atoms with Crippen LogP contribution in [0.3, 0.4) is 0 Å². The second-order valence-electron chi connectivity index (χ2n) is 4.46. The Morgan fingerprint density at radius 3 is 2.43 bits per heavy atom. The highest BCUT2D eigenvalue weighted by Gasteiger charge is 2.13. The maximum absolute atomic E-state index is 12.3. The van der Waals surface area contributed by atoms with Gasteiger partial charge in [-0.05, 0) is 29.1 Å².